The van der Waals surface area contributed by atoms with Crippen molar-refractivity contribution in [3.63, 3.8) is 0 Å². The van der Waals surface area contributed by atoms with Gasteiger partial charge in [0, 0.05) is 20.6 Å². The highest BCUT2D eigenvalue weighted by Gasteiger charge is 2.11. The minimum absolute atomic E-state index is 0.333. The zero-order valence-corrected chi connectivity index (χ0v) is 14.3. The Labute approximate surface area is 142 Å². The number of oxime groups is 1. The fourth-order valence-corrected chi connectivity index (χ4v) is 2.48. The van der Waals surface area contributed by atoms with Gasteiger partial charge in [0.25, 0.3) is 0 Å². The summed E-state index contributed by atoms with van der Waals surface area (Å²) in [6.45, 7) is 2.72. The fourth-order valence-electron chi connectivity index (χ4n) is 1.86. The SMILES string of the molecule is CCOc1cc(/C=N/O)c(Br)cc1OCc1ccccc1Cl. The average molecular weight is 385 g/mol. The van der Waals surface area contributed by atoms with Crippen LogP contribution in [0, 0.1) is 0 Å². The van der Waals surface area contributed by atoms with Gasteiger partial charge in [-0.15, -0.1) is 0 Å². The summed E-state index contributed by atoms with van der Waals surface area (Å²) in [5.41, 5.74) is 1.58. The lowest BCUT2D eigenvalue weighted by atomic mass is 10.2. The summed E-state index contributed by atoms with van der Waals surface area (Å²) in [6.07, 6.45) is 1.32. The Balaban J connectivity index is 2.25. The first-order chi connectivity index (χ1) is 10.7. The minimum Gasteiger partial charge on any atom is -0.490 e. The van der Waals surface area contributed by atoms with Gasteiger partial charge in [-0.3, -0.25) is 0 Å². The monoisotopic (exact) mass is 383 g/mol. The van der Waals surface area contributed by atoms with Crippen molar-refractivity contribution < 1.29 is 14.7 Å². The van der Waals surface area contributed by atoms with Crippen molar-refractivity contribution in [3.8, 4) is 11.5 Å². The Morgan fingerprint density at radius 1 is 1.23 bits per heavy atom. The Hall–Kier alpha value is -1.72. The van der Waals surface area contributed by atoms with Crippen molar-refractivity contribution in [3.05, 3.63) is 57.0 Å². The molecule has 0 bridgehead atoms. The minimum atomic E-state index is 0.333. The first kappa shape index (κ1) is 16.6. The molecule has 6 heteroatoms. The maximum Gasteiger partial charge on any atom is 0.162 e. The van der Waals surface area contributed by atoms with E-state index in [0.717, 1.165) is 10.0 Å². The molecule has 1 N–H and O–H groups in total. The lowest BCUT2D eigenvalue weighted by Gasteiger charge is -2.14. The summed E-state index contributed by atoms with van der Waals surface area (Å²) in [5, 5.41) is 12.4. The summed E-state index contributed by atoms with van der Waals surface area (Å²) in [4.78, 5) is 0. The molecule has 0 aliphatic heterocycles. The maximum atomic E-state index is 8.68. The highest BCUT2D eigenvalue weighted by Crippen LogP contribution is 2.34. The first-order valence-corrected chi connectivity index (χ1v) is 7.82. The number of halogens is 2. The number of benzene rings is 2. The third kappa shape index (κ3) is 4.15. The third-order valence-electron chi connectivity index (χ3n) is 2.90. The molecule has 2 aromatic rings. The largest absolute Gasteiger partial charge is 0.490 e. The van der Waals surface area contributed by atoms with Crippen molar-refractivity contribution in [2.24, 2.45) is 5.16 Å². The molecule has 22 heavy (non-hydrogen) atoms. The van der Waals surface area contributed by atoms with Crippen molar-refractivity contribution >= 4 is 33.7 Å². The number of ether oxygens (including phenoxy) is 2. The molecule has 2 rings (SSSR count). The predicted octanol–water partition coefficient (Wildman–Crippen LogP) is 4.89. The van der Waals surface area contributed by atoms with Gasteiger partial charge in [-0.1, -0.05) is 35.0 Å². The van der Waals surface area contributed by atoms with E-state index in [1.165, 1.54) is 6.21 Å². The summed E-state index contributed by atoms with van der Waals surface area (Å²) < 4.78 is 12.1. The molecule has 0 aliphatic rings. The van der Waals surface area contributed by atoms with E-state index in [1.807, 2.05) is 31.2 Å². The molecular weight excluding hydrogens is 370 g/mol. The molecule has 0 spiro atoms. The van der Waals surface area contributed by atoms with Crippen molar-refractivity contribution in [1.82, 2.24) is 0 Å². The van der Waals surface area contributed by atoms with E-state index in [-0.39, 0.29) is 0 Å². The van der Waals surface area contributed by atoms with Crippen LogP contribution in [0.4, 0.5) is 0 Å². The van der Waals surface area contributed by atoms with Crippen LogP contribution in [0.2, 0.25) is 5.02 Å². The summed E-state index contributed by atoms with van der Waals surface area (Å²) in [5.74, 6) is 1.16. The normalized spacial score (nSPS) is 10.9. The van der Waals surface area contributed by atoms with E-state index < -0.39 is 0 Å². The van der Waals surface area contributed by atoms with Crippen LogP contribution in [-0.4, -0.2) is 18.0 Å². The highest BCUT2D eigenvalue weighted by molar-refractivity contribution is 9.10. The van der Waals surface area contributed by atoms with E-state index in [4.69, 9.17) is 26.3 Å². The zero-order chi connectivity index (χ0) is 15.9. The molecule has 116 valence electrons. The molecule has 0 saturated carbocycles. The third-order valence-corrected chi connectivity index (χ3v) is 3.96. The lowest BCUT2D eigenvalue weighted by molar-refractivity contribution is 0.269. The Morgan fingerprint density at radius 2 is 1.95 bits per heavy atom. The van der Waals surface area contributed by atoms with E-state index in [2.05, 4.69) is 21.1 Å². The van der Waals surface area contributed by atoms with Crippen LogP contribution in [0.1, 0.15) is 18.1 Å². The Bertz CT molecular complexity index is 676. The second-order valence-electron chi connectivity index (χ2n) is 4.38. The second-order valence-corrected chi connectivity index (χ2v) is 5.64. The van der Waals surface area contributed by atoms with Crippen LogP contribution in [0.15, 0.2) is 46.0 Å². The maximum absolute atomic E-state index is 8.68. The topological polar surface area (TPSA) is 51.0 Å². The molecule has 0 amide bonds. The van der Waals surface area contributed by atoms with E-state index >= 15 is 0 Å². The number of hydrogen-bond donors (Lipinski definition) is 1. The molecule has 0 radical (unpaired) electrons. The van der Waals surface area contributed by atoms with Gasteiger partial charge in [0.15, 0.2) is 11.5 Å². The molecule has 0 fully saturated rings. The van der Waals surface area contributed by atoms with Gasteiger partial charge in [-0.25, -0.2) is 0 Å². The number of rotatable bonds is 6. The molecule has 4 nitrogen and oxygen atoms in total. The average Bonchev–Trinajstić information content (AvgIpc) is 2.50. The molecule has 0 aromatic heterocycles. The predicted molar refractivity (Wildman–Crippen MR) is 90.5 cm³/mol. The molecule has 0 saturated heterocycles. The highest BCUT2D eigenvalue weighted by atomic mass is 79.9. The van der Waals surface area contributed by atoms with Crippen molar-refractivity contribution in [2.75, 3.05) is 6.61 Å². The van der Waals surface area contributed by atoms with Crippen LogP contribution in [0.3, 0.4) is 0 Å². The van der Waals surface area contributed by atoms with Gasteiger partial charge in [-0.2, -0.15) is 0 Å². The van der Waals surface area contributed by atoms with Gasteiger partial charge in [0.2, 0.25) is 0 Å². The number of nitrogens with zero attached hydrogens (tertiary/aromatic N) is 1. The van der Waals surface area contributed by atoms with Crippen molar-refractivity contribution in [1.29, 1.82) is 0 Å². The zero-order valence-electron chi connectivity index (χ0n) is 11.9. The van der Waals surface area contributed by atoms with Gasteiger partial charge in [-0.05, 0) is 41.1 Å². The van der Waals surface area contributed by atoms with Crippen LogP contribution in [0.5, 0.6) is 11.5 Å². The van der Waals surface area contributed by atoms with E-state index in [9.17, 15) is 0 Å². The van der Waals surface area contributed by atoms with Gasteiger partial charge in [0.1, 0.15) is 6.61 Å². The molecular formula is C16H15BrClNO3. The Morgan fingerprint density at radius 3 is 2.64 bits per heavy atom. The van der Waals surface area contributed by atoms with Crippen molar-refractivity contribution in [2.45, 2.75) is 13.5 Å². The van der Waals surface area contributed by atoms with Crippen LogP contribution < -0.4 is 9.47 Å². The Kier molecular flexibility index (Phi) is 6.10. The molecule has 0 aliphatic carbocycles. The number of hydrogen-bond acceptors (Lipinski definition) is 4. The standard InChI is InChI=1S/C16H15BrClNO3/c1-2-21-15-7-12(9-19-20)13(17)8-16(15)22-10-11-5-3-4-6-14(11)18/h3-9,20H,2,10H2,1H3/b19-9+. The lowest BCUT2D eigenvalue weighted by Crippen LogP contribution is -2.01. The van der Waals surface area contributed by atoms with Gasteiger partial charge in [0.05, 0.1) is 12.8 Å². The van der Waals surface area contributed by atoms with Gasteiger partial charge < -0.3 is 14.7 Å². The quantitative estimate of drug-likeness (QED) is 0.438. The van der Waals surface area contributed by atoms with Crippen LogP contribution in [-0.2, 0) is 6.61 Å². The molecule has 0 atom stereocenters. The van der Waals surface area contributed by atoms with Crippen LogP contribution in [0.25, 0.3) is 0 Å². The smallest absolute Gasteiger partial charge is 0.162 e. The molecule has 0 heterocycles. The molecule has 2 aromatic carbocycles. The van der Waals surface area contributed by atoms with Crippen LogP contribution >= 0.6 is 27.5 Å². The fraction of sp³-hybridized carbons (Fsp3) is 0.188. The molecule has 0 unspecified atom stereocenters. The first-order valence-electron chi connectivity index (χ1n) is 6.65. The van der Waals surface area contributed by atoms with E-state index in [0.29, 0.717) is 35.3 Å². The van der Waals surface area contributed by atoms with Gasteiger partial charge >= 0.3 is 0 Å². The summed E-state index contributed by atoms with van der Waals surface area (Å²) >= 11 is 9.53. The summed E-state index contributed by atoms with van der Waals surface area (Å²) in [7, 11) is 0. The van der Waals surface area contributed by atoms with E-state index in [1.54, 1.807) is 12.1 Å². The summed E-state index contributed by atoms with van der Waals surface area (Å²) in [6, 6.07) is 11.0. The second kappa shape index (κ2) is 8.06.